The van der Waals surface area contributed by atoms with E-state index in [1.807, 2.05) is 6.92 Å². The molecule has 2 heteroatoms. The fourth-order valence-corrected chi connectivity index (χ4v) is 1.40. The van der Waals surface area contributed by atoms with Crippen molar-refractivity contribution in [3.05, 3.63) is 0 Å². The first-order valence-corrected chi connectivity index (χ1v) is 4.94. The molecule has 0 amide bonds. The SMILES string of the molecule is CCCC(C)(C)CNCC(C)N. The van der Waals surface area contributed by atoms with Crippen LogP contribution in [-0.2, 0) is 0 Å². The van der Waals surface area contributed by atoms with E-state index in [4.69, 9.17) is 5.73 Å². The summed E-state index contributed by atoms with van der Waals surface area (Å²) in [7, 11) is 0. The normalized spacial score (nSPS) is 14.8. The average molecular weight is 172 g/mol. The molecule has 0 fully saturated rings. The molecule has 3 N–H and O–H groups in total. The summed E-state index contributed by atoms with van der Waals surface area (Å²) in [6.45, 7) is 10.8. The molecule has 0 saturated heterocycles. The van der Waals surface area contributed by atoms with Gasteiger partial charge in [0.25, 0.3) is 0 Å². The highest BCUT2D eigenvalue weighted by molar-refractivity contribution is 4.71. The van der Waals surface area contributed by atoms with Crippen molar-refractivity contribution < 1.29 is 0 Å². The van der Waals surface area contributed by atoms with E-state index in [1.54, 1.807) is 0 Å². The van der Waals surface area contributed by atoms with E-state index < -0.39 is 0 Å². The molecule has 0 aromatic heterocycles. The predicted molar refractivity (Wildman–Crippen MR) is 55.2 cm³/mol. The Kier molecular flexibility index (Phi) is 5.51. The van der Waals surface area contributed by atoms with Crippen LogP contribution in [0.5, 0.6) is 0 Å². The Morgan fingerprint density at radius 2 is 2.00 bits per heavy atom. The molecular weight excluding hydrogens is 148 g/mol. The molecule has 74 valence electrons. The number of hydrogen-bond acceptors (Lipinski definition) is 2. The van der Waals surface area contributed by atoms with Crippen molar-refractivity contribution in [3.8, 4) is 0 Å². The minimum atomic E-state index is 0.266. The van der Waals surface area contributed by atoms with E-state index in [2.05, 4.69) is 26.1 Å². The summed E-state index contributed by atoms with van der Waals surface area (Å²) in [6.07, 6.45) is 2.53. The van der Waals surface area contributed by atoms with E-state index in [9.17, 15) is 0 Å². The summed E-state index contributed by atoms with van der Waals surface area (Å²) < 4.78 is 0. The van der Waals surface area contributed by atoms with Gasteiger partial charge in [0.2, 0.25) is 0 Å². The number of hydrogen-bond donors (Lipinski definition) is 2. The van der Waals surface area contributed by atoms with Gasteiger partial charge in [-0.1, -0.05) is 27.2 Å². The lowest BCUT2D eigenvalue weighted by atomic mass is 9.88. The number of nitrogens with two attached hydrogens (primary N) is 1. The third-order valence-corrected chi connectivity index (χ3v) is 2.00. The zero-order chi connectivity index (χ0) is 9.61. The summed E-state index contributed by atoms with van der Waals surface area (Å²) in [6, 6.07) is 0.266. The Morgan fingerprint density at radius 3 is 2.42 bits per heavy atom. The summed E-state index contributed by atoms with van der Waals surface area (Å²) in [5.41, 5.74) is 6.05. The van der Waals surface area contributed by atoms with Crippen molar-refractivity contribution >= 4 is 0 Å². The van der Waals surface area contributed by atoms with Crippen molar-refractivity contribution in [2.45, 2.75) is 46.6 Å². The van der Waals surface area contributed by atoms with Gasteiger partial charge in [-0.3, -0.25) is 0 Å². The predicted octanol–water partition coefficient (Wildman–Crippen LogP) is 1.75. The van der Waals surface area contributed by atoms with E-state index >= 15 is 0 Å². The van der Waals surface area contributed by atoms with Gasteiger partial charge in [-0.2, -0.15) is 0 Å². The standard InChI is InChI=1S/C10H24N2/c1-5-6-10(3,4)8-12-7-9(2)11/h9,12H,5-8,11H2,1-4H3. The Balaban J connectivity index is 3.46. The van der Waals surface area contributed by atoms with Crippen LogP contribution in [-0.4, -0.2) is 19.1 Å². The molecule has 0 aliphatic rings. The van der Waals surface area contributed by atoms with E-state index in [1.165, 1.54) is 12.8 Å². The van der Waals surface area contributed by atoms with Crippen LogP contribution in [0.2, 0.25) is 0 Å². The smallest absolute Gasteiger partial charge is 0.0136 e. The molecular formula is C10H24N2. The van der Waals surface area contributed by atoms with Crippen LogP contribution in [0.25, 0.3) is 0 Å². The van der Waals surface area contributed by atoms with Gasteiger partial charge < -0.3 is 11.1 Å². The van der Waals surface area contributed by atoms with E-state index in [0.29, 0.717) is 5.41 Å². The van der Waals surface area contributed by atoms with Gasteiger partial charge in [-0.05, 0) is 18.8 Å². The molecule has 0 saturated carbocycles. The highest BCUT2D eigenvalue weighted by Gasteiger charge is 2.15. The second-order valence-corrected chi connectivity index (χ2v) is 4.52. The summed E-state index contributed by atoms with van der Waals surface area (Å²) in [5, 5.41) is 3.38. The maximum absolute atomic E-state index is 5.63. The molecule has 0 rings (SSSR count). The maximum Gasteiger partial charge on any atom is 0.0136 e. The monoisotopic (exact) mass is 172 g/mol. The largest absolute Gasteiger partial charge is 0.327 e. The summed E-state index contributed by atoms with van der Waals surface area (Å²) in [4.78, 5) is 0. The minimum Gasteiger partial charge on any atom is -0.327 e. The van der Waals surface area contributed by atoms with Gasteiger partial charge in [0.15, 0.2) is 0 Å². The fraction of sp³-hybridized carbons (Fsp3) is 1.00. The van der Waals surface area contributed by atoms with Crippen molar-refractivity contribution in [1.82, 2.24) is 5.32 Å². The van der Waals surface area contributed by atoms with Crippen LogP contribution in [0, 0.1) is 5.41 Å². The molecule has 0 aliphatic heterocycles. The third kappa shape index (κ3) is 6.62. The molecule has 1 unspecified atom stereocenters. The zero-order valence-corrected chi connectivity index (χ0v) is 8.98. The van der Waals surface area contributed by atoms with E-state index in [-0.39, 0.29) is 6.04 Å². The lowest BCUT2D eigenvalue weighted by Crippen LogP contribution is -2.36. The van der Waals surface area contributed by atoms with Crippen LogP contribution < -0.4 is 11.1 Å². The first-order chi connectivity index (χ1) is 5.48. The Hall–Kier alpha value is -0.0800. The van der Waals surface area contributed by atoms with Crippen LogP contribution >= 0.6 is 0 Å². The Morgan fingerprint density at radius 1 is 1.42 bits per heavy atom. The van der Waals surface area contributed by atoms with Gasteiger partial charge >= 0.3 is 0 Å². The highest BCUT2D eigenvalue weighted by Crippen LogP contribution is 2.20. The Labute approximate surface area is 76.9 Å². The second-order valence-electron chi connectivity index (χ2n) is 4.52. The van der Waals surface area contributed by atoms with Crippen LogP contribution in [0.3, 0.4) is 0 Å². The van der Waals surface area contributed by atoms with Gasteiger partial charge in [-0.25, -0.2) is 0 Å². The van der Waals surface area contributed by atoms with Crippen molar-refractivity contribution in [2.75, 3.05) is 13.1 Å². The fourth-order valence-electron chi connectivity index (χ4n) is 1.40. The number of nitrogens with one attached hydrogen (secondary N) is 1. The summed E-state index contributed by atoms with van der Waals surface area (Å²) >= 11 is 0. The molecule has 0 radical (unpaired) electrons. The van der Waals surface area contributed by atoms with Crippen molar-refractivity contribution in [1.29, 1.82) is 0 Å². The minimum absolute atomic E-state index is 0.266. The molecule has 0 heterocycles. The molecule has 0 aromatic rings. The van der Waals surface area contributed by atoms with Crippen molar-refractivity contribution in [3.63, 3.8) is 0 Å². The molecule has 2 nitrogen and oxygen atoms in total. The first kappa shape index (κ1) is 11.9. The average Bonchev–Trinajstić information content (AvgIpc) is 1.85. The van der Waals surface area contributed by atoms with Gasteiger partial charge in [0.05, 0.1) is 0 Å². The molecule has 12 heavy (non-hydrogen) atoms. The van der Waals surface area contributed by atoms with Crippen LogP contribution in [0.1, 0.15) is 40.5 Å². The van der Waals surface area contributed by atoms with Gasteiger partial charge in [0, 0.05) is 19.1 Å². The quantitative estimate of drug-likeness (QED) is 0.640. The molecule has 1 atom stereocenters. The third-order valence-electron chi connectivity index (χ3n) is 2.00. The van der Waals surface area contributed by atoms with E-state index in [0.717, 1.165) is 13.1 Å². The number of rotatable bonds is 6. The first-order valence-electron chi connectivity index (χ1n) is 4.94. The highest BCUT2D eigenvalue weighted by atomic mass is 14.9. The second kappa shape index (κ2) is 5.55. The lowest BCUT2D eigenvalue weighted by molar-refractivity contribution is 0.309. The molecule has 0 spiro atoms. The maximum atomic E-state index is 5.63. The van der Waals surface area contributed by atoms with Gasteiger partial charge in [-0.15, -0.1) is 0 Å². The van der Waals surface area contributed by atoms with Gasteiger partial charge in [0.1, 0.15) is 0 Å². The lowest BCUT2D eigenvalue weighted by Gasteiger charge is -2.24. The Bertz CT molecular complexity index is 108. The topological polar surface area (TPSA) is 38.0 Å². The van der Waals surface area contributed by atoms with Crippen molar-refractivity contribution in [2.24, 2.45) is 11.1 Å². The molecule has 0 aromatic carbocycles. The molecule has 0 bridgehead atoms. The zero-order valence-electron chi connectivity index (χ0n) is 8.98. The van der Waals surface area contributed by atoms with Crippen LogP contribution in [0.4, 0.5) is 0 Å². The van der Waals surface area contributed by atoms with Crippen LogP contribution in [0.15, 0.2) is 0 Å². The molecule has 0 aliphatic carbocycles. The summed E-state index contributed by atoms with van der Waals surface area (Å²) in [5.74, 6) is 0.